The van der Waals surface area contributed by atoms with Crippen LogP contribution in [-0.2, 0) is 4.79 Å². The van der Waals surface area contributed by atoms with E-state index in [1.807, 2.05) is 0 Å². The Kier molecular flexibility index (Phi) is 6.54. The minimum atomic E-state index is -0.201. The van der Waals surface area contributed by atoms with Gasteiger partial charge in [-0.05, 0) is 19.4 Å². The number of hydrogen-bond donors (Lipinski definition) is 2. The Morgan fingerprint density at radius 1 is 1.21 bits per heavy atom. The SMILES string of the molecule is CCCC(CCC)(CC(N)=O)NCC. The number of nitrogens with two attached hydrogens (primary N) is 1. The van der Waals surface area contributed by atoms with Gasteiger partial charge in [0.1, 0.15) is 0 Å². The molecular formula is C11H24N2O. The van der Waals surface area contributed by atoms with Crippen LogP contribution in [0.3, 0.4) is 0 Å². The van der Waals surface area contributed by atoms with Gasteiger partial charge in [0, 0.05) is 12.0 Å². The van der Waals surface area contributed by atoms with Crippen molar-refractivity contribution in [2.45, 2.75) is 58.4 Å². The van der Waals surface area contributed by atoms with E-state index in [2.05, 4.69) is 26.1 Å². The minimum Gasteiger partial charge on any atom is -0.370 e. The lowest BCUT2D eigenvalue weighted by Crippen LogP contribution is -2.47. The first-order chi connectivity index (χ1) is 6.60. The van der Waals surface area contributed by atoms with Crippen molar-refractivity contribution in [2.24, 2.45) is 5.73 Å². The van der Waals surface area contributed by atoms with Gasteiger partial charge in [0.2, 0.25) is 5.91 Å². The number of carbonyl (C=O) groups excluding carboxylic acids is 1. The second-order valence-electron chi connectivity index (χ2n) is 3.95. The average molecular weight is 200 g/mol. The van der Waals surface area contributed by atoms with Crippen LogP contribution in [0.1, 0.15) is 52.9 Å². The molecule has 0 aromatic heterocycles. The summed E-state index contributed by atoms with van der Waals surface area (Å²) in [5.41, 5.74) is 5.24. The Bertz CT molecular complexity index is 152. The zero-order chi connectivity index (χ0) is 11.0. The van der Waals surface area contributed by atoms with Crippen molar-refractivity contribution in [2.75, 3.05) is 6.54 Å². The molecule has 0 rings (SSSR count). The quantitative estimate of drug-likeness (QED) is 0.628. The fourth-order valence-electron chi connectivity index (χ4n) is 2.21. The Hall–Kier alpha value is -0.570. The number of nitrogens with one attached hydrogen (secondary N) is 1. The molecule has 0 aliphatic carbocycles. The van der Waals surface area contributed by atoms with Crippen LogP contribution in [-0.4, -0.2) is 18.0 Å². The maximum absolute atomic E-state index is 11.0. The van der Waals surface area contributed by atoms with Gasteiger partial charge >= 0.3 is 0 Å². The van der Waals surface area contributed by atoms with E-state index in [0.29, 0.717) is 6.42 Å². The van der Waals surface area contributed by atoms with E-state index in [0.717, 1.165) is 32.2 Å². The van der Waals surface area contributed by atoms with Gasteiger partial charge < -0.3 is 11.1 Å². The van der Waals surface area contributed by atoms with Crippen molar-refractivity contribution in [3.05, 3.63) is 0 Å². The number of primary amides is 1. The molecule has 3 nitrogen and oxygen atoms in total. The van der Waals surface area contributed by atoms with Crippen LogP contribution in [0.25, 0.3) is 0 Å². The lowest BCUT2D eigenvalue weighted by molar-refractivity contribution is -0.119. The first-order valence-electron chi connectivity index (χ1n) is 5.63. The summed E-state index contributed by atoms with van der Waals surface area (Å²) in [5, 5.41) is 3.43. The van der Waals surface area contributed by atoms with E-state index in [4.69, 9.17) is 5.73 Å². The van der Waals surface area contributed by atoms with Gasteiger partial charge in [-0.3, -0.25) is 4.79 Å². The Morgan fingerprint density at radius 2 is 1.71 bits per heavy atom. The molecular weight excluding hydrogens is 176 g/mol. The predicted octanol–water partition coefficient (Wildman–Crippen LogP) is 1.81. The molecule has 0 atom stereocenters. The molecule has 84 valence electrons. The first-order valence-corrected chi connectivity index (χ1v) is 5.63. The van der Waals surface area contributed by atoms with Crippen LogP contribution < -0.4 is 11.1 Å². The normalized spacial score (nSPS) is 11.6. The van der Waals surface area contributed by atoms with Gasteiger partial charge in [0.15, 0.2) is 0 Å². The number of amides is 1. The van der Waals surface area contributed by atoms with E-state index in [1.54, 1.807) is 0 Å². The molecule has 0 saturated heterocycles. The van der Waals surface area contributed by atoms with E-state index in [1.165, 1.54) is 0 Å². The minimum absolute atomic E-state index is 0.0515. The summed E-state index contributed by atoms with van der Waals surface area (Å²) in [5.74, 6) is -0.201. The van der Waals surface area contributed by atoms with Crippen LogP contribution in [0.15, 0.2) is 0 Å². The summed E-state index contributed by atoms with van der Waals surface area (Å²) in [7, 11) is 0. The van der Waals surface area contributed by atoms with Gasteiger partial charge in [-0.2, -0.15) is 0 Å². The molecule has 3 heteroatoms. The third kappa shape index (κ3) is 4.61. The first kappa shape index (κ1) is 13.4. The average Bonchev–Trinajstić information content (AvgIpc) is 2.03. The third-order valence-corrected chi connectivity index (χ3v) is 2.52. The van der Waals surface area contributed by atoms with Crippen molar-refractivity contribution in [1.82, 2.24) is 5.32 Å². The largest absolute Gasteiger partial charge is 0.370 e. The fourth-order valence-corrected chi connectivity index (χ4v) is 2.21. The van der Waals surface area contributed by atoms with Crippen molar-refractivity contribution >= 4 is 5.91 Å². The summed E-state index contributed by atoms with van der Waals surface area (Å²) < 4.78 is 0. The molecule has 3 N–H and O–H groups in total. The number of carbonyl (C=O) groups is 1. The van der Waals surface area contributed by atoms with Crippen LogP contribution in [0.5, 0.6) is 0 Å². The lowest BCUT2D eigenvalue weighted by Gasteiger charge is -2.33. The molecule has 0 spiro atoms. The van der Waals surface area contributed by atoms with Crippen molar-refractivity contribution in [1.29, 1.82) is 0 Å². The highest BCUT2D eigenvalue weighted by atomic mass is 16.1. The summed E-state index contributed by atoms with van der Waals surface area (Å²) in [6.45, 7) is 7.25. The van der Waals surface area contributed by atoms with Gasteiger partial charge in [-0.15, -0.1) is 0 Å². The molecule has 1 amide bonds. The molecule has 0 unspecified atom stereocenters. The van der Waals surface area contributed by atoms with Crippen LogP contribution in [0.2, 0.25) is 0 Å². The second-order valence-corrected chi connectivity index (χ2v) is 3.95. The molecule has 0 aromatic carbocycles. The topological polar surface area (TPSA) is 55.1 Å². The third-order valence-electron chi connectivity index (χ3n) is 2.52. The Balaban J connectivity index is 4.45. The number of rotatable bonds is 8. The Labute approximate surface area is 87.4 Å². The maximum Gasteiger partial charge on any atom is 0.219 e. The summed E-state index contributed by atoms with van der Waals surface area (Å²) >= 11 is 0. The molecule has 0 heterocycles. The molecule has 0 saturated carbocycles. The zero-order valence-electron chi connectivity index (χ0n) is 9.73. The lowest BCUT2D eigenvalue weighted by atomic mass is 9.85. The molecule has 0 aliphatic heterocycles. The van der Waals surface area contributed by atoms with Crippen molar-refractivity contribution < 1.29 is 4.79 Å². The smallest absolute Gasteiger partial charge is 0.219 e. The van der Waals surface area contributed by atoms with Gasteiger partial charge in [-0.1, -0.05) is 33.6 Å². The highest BCUT2D eigenvalue weighted by Gasteiger charge is 2.28. The van der Waals surface area contributed by atoms with Crippen molar-refractivity contribution in [3.63, 3.8) is 0 Å². The highest BCUT2D eigenvalue weighted by molar-refractivity contribution is 5.75. The van der Waals surface area contributed by atoms with Crippen molar-refractivity contribution in [3.8, 4) is 0 Å². The molecule has 0 aliphatic rings. The summed E-state index contributed by atoms with van der Waals surface area (Å²) in [6, 6.07) is 0. The van der Waals surface area contributed by atoms with E-state index in [-0.39, 0.29) is 11.4 Å². The van der Waals surface area contributed by atoms with Crippen LogP contribution in [0, 0.1) is 0 Å². The highest BCUT2D eigenvalue weighted by Crippen LogP contribution is 2.23. The van der Waals surface area contributed by atoms with Crippen LogP contribution >= 0.6 is 0 Å². The van der Waals surface area contributed by atoms with Gasteiger partial charge in [-0.25, -0.2) is 0 Å². The van der Waals surface area contributed by atoms with E-state index in [9.17, 15) is 4.79 Å². The number of hydrogen-bond acceptors (Lipinski definition) is 2. The van der Waals surface area contributed by atoms with E-state index < -0.39 is 0 Å². The molecule has 0 fully saturated rings. The fraction of sp³-hybridized carbons (Fsp3) is 0.909. The monoisotopic (exact) mass is 200 g/mol. The predicted molar refractivity (Wildman–Crippen MR) is 60.0 cm³/mol. The van der Waals surface area contributed by atoms with Crippen LogP contribution in [0.4, 0.5) is 0 Å². The summed E-state index contributed by atoms with van der Waals surface area (Å²) in [4.78, 5) is 11.0. The summed E-state index contributed by atoms with van der Waals surface area (Å²) in [6.07, 6.45) is 4.68. The van der Waals surface area contributed by atoms with Gasteiger partial charge in [0.25, 0.3) is 0 Å². The standard InChI is InChI=1S/C11H24N2O/c1-4-7-11(8-5-2,13-6-3)9-10(12)14/h13H,4-9H2,1-3H3,(H2,12,14). The van der Waals surface area contributed by atoms with E-state index >= 15 is 0 Å². The zero-order valence-corrected chi connectivity index (χ0v) is 9.73. The Morgan fingerprint density at radius 3 is 2.00 bits per heavy atom. The molecule has 14 heavy (non-hydrogen) atoms. The van der Waals surface area contributed by atoms with Gasteiger partial charge in [0.05, 0.1) is 0 Å². The molecule has 0 radical (unpaired) electrons. The molecule has 0 bridgehead atoms. The molecule has 0 aromatic rings. The second kappa shape index (κ2) is 6.82. The maximum atomic E-state index is 11.0.